The number of ether oxygens (including phenoxy) is 1. The third-order valence-electron chi connectivity index (χ3n) is 2.02. The van der Waals surface area contributed by atoms with Gasteiger partial charge in [0.15, 0.2) is 0 Å². The Morgan fingerprint density at radius 2 is 2.42 bits per heavy atom. The molecule has 1 saturated heterocycles. The summed E-state index contributed by atoms with van der Waals surface area (Å²) in [4.78, 5) is 10.3. The Morgan fingerprint density at radius 3 is 3.00 bits per heavy atom. The zero-order chi connectivity index (χ0) is 8.97. The fourth-order valence-electron chi connectivity index (χ4n) is 1.33. The van der Waals surface area contributed by atoms with Gasteiger partial charge in [0.05, 0.1) is 13.2 Å². The maximum Gasteiger partial charge on any atom is 0.404 e. The molecular formula is C7H13NO4. The minimum absolute atomic E-state index is 0.0368. The third-order valence-corrected chi connectivity index (χ3v) is 2.02. The van der Waals surface area contributed by atoms with Crippen LogP contribution in [0.25, 0.3) is 0 Å². The van der Waals surface area contributed by atoms with Gasteiger partial charge in [0.25, 0.3) is 0 Å². The normalized spacial score (nSPS) is 29.8. The molecule has 0 bridgehead atoms. The molecule has 0 unspecified atom stereocenters. The smallest absolute Gasteiger partial charge is 0.404 e. The largest absolute Gasteiger partial charge is 0.465 e. The Labute approximate surface area is 70.3 Å². The molecule has 5 nitrogen and oxygen atoms in total. The maximum atomic E-state index is 10.3. The third kappa shape index (κ3) is 2.35. The number of hydrogen-bond donors (Lipinski definition) is 3. The second kappa shape index (κ2) is 4.27. The first-order valence-corrected chi connectivity index (χ1v) is 3.92. The van der Waals surface area contributed by atoms with Crippen LogP contribution in [0.3, 0.4) is 0 Å². The maximum absolute atomic E-state index is 10.3. The van der Waals surface area contributed by atoms with E-state index in [2.05, 4.69) is 5.32 Å². The van der Waals surface area contributed by atoms with Gasteiger partial charge in [-0.1, -0.05) is 0 Å². The summed E-state index contributed by atoms with van der Waals surface area (Å²) in [6.45, 7) is 0.952. The highest BCUT2D eigenvalue weighted by Crippen LogP contribution is 2.13. The van der Waals surface area contributed by atoms with E-state index in [1.165, 1.54) is 0 Å². The van der Waals surface area contributed by atoms with Gasteiger partial charge in [-0.25, -0.2) is 4.79 Å². The van der Waals surface area contributed by atoms with Crippen molar-refractivity contribution in [1.29, 1.82) is 0 Å². The summed E-state index contributed by atoms with van der Waals surface area (Å²) in [5.74, 6) is -0.102. The molecule has 0 radical (unpaired) electrons. The quantitative estimate of drug-likeness (QED) is 0.536. The van der Waals surface area contributed by atoms with E-state index in [4.69, 9.17) is 14.9 Å². The van der Waals surface area contributed by atoms with Gasteiger partial charge in [-0.15, -0.1) is 0 Å². The predicted octanol–water partition coefficient (Wildman–Crippen LogP) is -0.349. The highest BCUT2D eigenvalue weighted by Gasteiger charge is 2.26. The Morgan fingerprint density at radius 1 is 1.67 bits per heavy atom. The number of carbonyl (C=O) groups is 1. The van der Waals surface area contributed by atoms with Crippen LogP contribution in [0.15, 0.2) is 0 Å². The molecule has 1 amide bonds. The lowest BCUT2D eigenvalue weighted by Gasteiger charge is -2.29. The van der Waals surface area contributed by atoms with Crippen LogP contribution in [0.1, 0.15) is 6.42 Å². The molecule has 1 aliphatic heterocycles. The number of rotatable bonds is 2. The van der Waals surface area contributed by atoms with Gasteiger partial charge in [-0.3, -0.25) is 0 Å². The molecule has 0 aliphatic carbocycles. The van der Waals surface area contributed by atoms with Gasteiger partial charge in [0, 0.05) is 18.6 Å². The lowest BCUT2D eigenvalue weighted by molar-refractivity contribution is 0.00947. The summed E-state index contributed by atoms with van der Waals surface area (Å²) in [5.41, 5.74) is 0. The first-order chi connectivity index (χ1) is 5.74. The predicted molar refractivity (Wildman–Crippen MR) is 41.0 cm³/mol. The standard InChI is InChI=1S/C7H13NO4/c9-3-5-4-12-2-1-6(5)8-7(10)11/h5-6,8-9H,1-4H2,(H,10,11)/t5-,6-/m1/s1. The van der Waals surface area contributed by atoms with E-state index < -0.39 is 6.09 Å². The lowest BCUT2D eigenvalue weighted by Crippen LogP contribution is -2.46. The van der Waals surface area contributed by atoms with Crippen molar-refractivity contribution >= 4 is 6.09 Å². The Hall–Kier alpha value is -0.810. The van der Waals surface area contributed by atoms with E-state index in [0.29, 0.717) is 19.6 Å². The molecule has 3 N–H and O–H groups in total. The molecule has 1 fully saturated rings. The highest BCUT2D eigenvalue weighted by atomic mass is 16.5. The summed E-state index contributed by atoms with van der Waals surface area (Å²) in [6, 6.07) is -0.166. The fraction of sp³-hybridized carbons (Fsp3) is 0.857. The van der Waals surface area contributed by atoms with Crippen LogP contribution in [0.4, 0.5) is 4.79 Å². The van der Waals surface area contributed by atoms with Gasteiger partial charge >= 0.3 is 6.09 Å². The molecule has 2 atom stereocenters. The van der Waals surface area contributed by atoms with Gasteiger partial charge < -0.3 is 20.3 Å². The van der Waals surface area contributed by atoms with Crippen LogP contribution in [-0.4, -0.2) is 42.2 Å². The van der Waals surface area contributed by atoms with E-state index in [1.54, 1.807) is 0 Å². The van der Waals surface area contributed by atoms with Gasteiger partial charge in [-0.05, 0) is 6.42 Å². The summed E-state index contributed by atoms with van der Waals surface area (Å²) in [6.07, 6.45) is -0.405. The number of hydrogen-bond acceptors (Lipinski definition) is 3. The van der Waals surface area contributed by atoms with Crippen molar-refractivity contribution in [2.75, 3.05) is 19.8 Å². The zero-order valence-corrected chi connectivity index (χ0v) is 6.69. The first kappa shape index (κ1) is 9.28. The molecule has 5 heteroatoms. The van der Waals surface area contributed by atoms with Gasteiger partial charge in [0.2, 0.25) is 0 Å². The number of aliphatic hydroxyl groups is 1. The summed E-state index contributed by atoms with van der Waals surface area (Å²) < 4.78 is 5.09. The summed E-state index contributed by atoms with van der Waals surface area (Å²) >= 11 is 0. The van der Waals surface area contributed by atoms with E-state index in [-0.39, 0.29) is 18.6 Å². The zero-order valence-electron chi connectivity index (χ0n) is 6.69. The van der Waals surface area contributed by atoms with E-state index in [9.17, 15) is 4.79 Å². The molecule has 0 saturated carbocycles. The monoisotopic (exact) mass is 175 g/mol. The molecule has 1 rings (SSSR count). The van der Waals surface area contributed by atoms with Crippen molar-refractivity contribution in [3.8, 4) is 0 Å². The summed E-state index contributed by atoms with van der Waals surface area (Å²) in [5, 5.41) is 19.7. The molecule has 0 aromatic rings. The van der Waals surface area contributed by atoms with Crippen molar-refractivity contribution in [3.63, 3.8) is 0 Å². The molecule has 0 aromatic carbocycles. The van der Waals surface area contributed by atoms with Crippen molar-refractivity contribution in [2.24, 2.45) is 5.92 Å². The highest BCUT2D eigenvalue weighted by molar-refractivity contribution is 5.64. The first-order valence-electron chi connectivity index (χ1n) is 3.92. The molecule has 1 aliphatic rings. The summed E-state index contributed by atoms with van der Waals surface area (Å²) in [7, 11) is 0. The van der Waals surface area contributed by atoms with Crippen LogP contribution in [-0.2, 0) is 4.74 Å². The number of amides is 1. The molecule has 12 heavy (non-hydrogen) atoms. The van der Waals surface area contributed by atoms with Gasteiger partial charge in [0.1, 0.15) is 0 Å². The van der Waals surface area contributed by atoms with Crippen LogP contribution in [0.2, 0.25) is 0 Å². The van der Waals surface area contributed by atoms with Crippen LogP contribution < -0.4 is 5.32 Å². The topological polar surface area (TPSA) is 78.8 Å². The van der Waals surface area contributed by atoms with Crippen molar-refractivity contribution in [2.45, 2.75) is 12.5 Å². The molecule has 70 valence electrons. The van der Waals surface area contributed by atoms with Crippen molar-refractivity contribution in [3.05, 3.63) is 0 Å². The Bertz CT molecular complexity index is 161. The SMILES string of the molecule is O=C(O)N[C@@H]1CCOC[C@H]1CO. The second-order valence-corrected chi connectivity index (χ2v) is 2.86. The van der Waals surface area contributed by atoms with E-state index in [0.717, 1.165) is 0 Å². The van der Waals surface area contributed by atoms with Crippen LogP contribution >= 0.6 is 0 Å². The van der Waals surface area contributed by atoms with Crippen LogP contribution in [0.5, 0.6) is 0 Å². The molecule has 0 aromatic heterocycles. The van der Waals surface area contributed by atoms with E-state index >= 15 is 0 Å². The van der Waals surface area contributed by atoms with Crippen LogP contribution in [0, 0.1) is 5.92 Å². The second-order valence-electron chi connectivity index (χ2n) is 2.86. The molecule has 1 heterocycles. The van der Waals surface area contributed by atoms with Crippen molar-refractivity contribution < 1.29 is 19.7 Å². The number of carboxylic acid groups (broad SMARTS) is 1. The van der Waals surface area contributed by atoms with Gasteiger partial charge in [-0.2, -0.15) is 0 Å². The average molecular weight is 175 g/mol. The minimum Gasteiger partial charge on any atom is -0.465 e. The average Bonchev–Trinajstić information content (AvgIpc) is 2.04. The Balaban J connectivity index is 2.41. The molecule has 0 spiro atoms. The molecular weight excluding hydrogens is 162 g/mol. The Kier molecular flexibility index (Phi) is 3.31. The number of aliphatic hydroxyl groups excluding tert-OH is 1. The fourth-order valence-corrected chi connectivity index (χ4v) is 1.33. The number of nitrogens with one attached hydrogen (secondary N) is 1. The van der Waals surface area contributed by atoms with Crippen molar-refractivity contribution in [1.82, 2.24) is 5.32 Å². The minimum atomic E-state index is -1.04. The van der Waals surface area contributed by atoms with E-state index in [1.807, 2.05) is 0 Å². The lowest BCUT2D eigenvalue weighted by atomic mass is 9.97.